The van der Waals surface area contributed by atoms with Crippen LogP contribution in [0.25, 0.3) is 16.3 Å². The Bertz CT molecular complexity index is 734. The molecule has 0 aliphatic carbocycles. The van der Waals surface area contributed by atoms with Crippen molar-refractivity contribution in [1.29, 1.82) is 0 Å². The van der Waals surface area contributed by atoms with Crippen LogP contribution >= 0.6 is 0 Å². The Morgan fingerprint density at radius 3 is 2.20 bits per heavy atom. The van der Waals surface area contributed by atoms with Crippen LogP contribution in [0.5, 0.6) is 0 Å². The van der Waals surface area contributed by atoms with E-state index in [1.54, 1.807) is 0 Å². The highest BCUT2D eigenvalue weighted by Gasteiger charge is 2.06. The molecule has 2 aromatic heterocycles. The molecule has 0 N–H and O–H groups in total. The fraction of sp³-hybridized carbons (Fsp3) is 0.0714. The molecule has 0 radical (unpaired) electrons. The van der Waals surface area contributed by atoms with E-state index in [2.05, 4.69) is 66.2 Å². The van der Waals surface area contributed by atoms with Crippen molar-refractivity contribution < 1.29 is 33.3 Å². The van der Waals surface area contributed by atoms with Crippen molar-refractivity contribution in [2.24, 2.45) is 0 Å². The number of hydrogen-bond acceptors (Lipinski definition) is 4. The Morgan fingerprint density at radius 2 is 1.50 bits per heavy atom. The van der Waals surface area contributed by atoms with Gasteiger partial charge >= 0.3 is 0 Å². The van der Waals surface area contributed by atoms with Crippen LogP contribution in [0, 0.1) is 17.2 Å². The van der Waals surface area contributed by atoms with E-state index < -0.39 is 10.2 Å². The first-order valence-corrected chi connectivity index (χ1v) is 6.99. The first-order valence-electron chi connectivity index (χ1n) is 5.76. The minimum atomic E-state index is -4.94. The monoisotopic (exact) mass is 293 g/mol. The average Bonchev–Trinajstić information content (AvgIpc) is 2.36. The molecule has 0 saturated carbocycles. The smallest absolute Gasteiger partial charge is 0.218 e. The molecular weight excluding hydrogens is 282 g/mol. The number of pyridine rings is 2. The third kappa shape index (κ3) is 3.86. The first-order chi connectivity index (χ1) is 9.34. The molecule has 20 heavy (non-hydrogen) atoms. The molecule has 0 aliphatic rings. The maximum Gasteiger partial charge on any atom is 0.218 e. The van der Waals surface area contributed by atoms with Gasteiger partial charge in [0.2, 0.25) is 5.52 Å². The van der Waals surface area contributed by atoms with Crippen molar-refractivity contribution in [2.45, 2.75) is 6.92 Å². The number of hydrogen-bond donors (Lipinski definition) is 0. The summed E-state index contributed by atoms with van der Waals surface area (Å²) >= 11 is 0. The highest BCUT2D eigenvalue weighted by molar-refractivity contribution is 5.93. The molecule has 0 spiro atoms. The fourth-order valence-electron chi connectivity index (χ4n) is 2.00. The van der Waals surface area contributed by atoms with Gasteiger partial charge in [-0.3, -0.25) is 0 Å². The lowest BCUT2D eigenvalue weighted by Crippen LogP contribution is -2.68. The normalized spacial score (nSPS) is 11.2. The van der Waals surface area contributed by atoms with Crippen molar-refractivity contribution in [3.05, 3.63) is 60.4 Å². The van der Waals surface area contributed by atoms with E-state index in [4.69, 9.17) is 18.6 Å². The van der Waals surface area contributed by atoms with Gasteiger partial charge in [-0.15, -0.1) is 10.2 Å². The van der Waals surface area contributed by atoms with Crippen molar-refractivity contribution in [3.63, 3.8) is 0 Å². The van der Waals surface area contributed by atoms with Gasteiger partial charge in [-0.05, 0) is 23.9 Å². The molecule has 0 fully saturated rings. The van der Waals surface area contributed by atoms with Crippen LogP contribution in [-0.4, -0.2) is 0 Å². The zero-order valence-corrected chi connectivity index (χ0v) is 11.4. The maximum absolute atomic E-state index is 8.49. The second kappa shape index (κ2) is 5.70. The van der Waals surface area contributed by atoms with Gasteiger partial charge in [0.15, 0.2) is 12.4 Å². The number of benzene rings is 1. The quantitative estimate of drug-likeness (QED) is 0.358. The summed E-state index contributed by atoms with van der Waals surface area (Å²) in [6, 6.07) is 15.0. The molecule has 104 valence electrons. The fourth-order valence-corrected chi connectivity index (χ4v) is 2.00. The highest BCUT2D eigenvalue weighted by atomic mass is 35.7. The predicted molar refractivity (Wildman–Crippen MR) is 61.8 cm³/mol. The van der Waals surface area contributed by atoms with E-state index in [-0.39, 0.29) is 0 Å². The van der Waals surface area contributed by atoms with Gasteiger partial charge < -0.3 is 0 Å². The number of fused-ring (bicyclic) bond motifs is 3. The van der Waals surface area contributed by atoms with Crippen LogP contribution in [0.4, 0.5) is 0 Å². The van der Waals surface area contributed by atoms with Crippen LogP contribution in [0.3, 0.4) is 0 Å². The molecule has 2 heterocycles. The summed E-state index contributed by atoms with van der Waals surface area (Å²) < 4.78 is 36.1. The zero-order chi connectivity index (χ0) is 14.8. The van der Waals surface area contributed by atoms with E-state index in [0.717, 1.165) is 0 Å². The van der Waals surface area contributed by atoms with Gasteiger partial charge in [0.1, 0.15) is 0 Å². The van der Waals surface area contributed by atoms with Crippen LogP contribution in [0.1, 0.15) is 5.56 Å². The summed E-state index contributed by atoms with van der Waals surface area (Å²) in [5, 5.41) is 2.60. The van der Waals surface area contributed by atoms with E-state index in [9.17, 15) is 0 Å². The topological polar surface area (TPSA) is 96.3 Å². The lowest BCUT2D eigenvalue weighted by atomic mass is 10.1. The summed E-state index contributed by atoms with van der Waals surface area (Å²) in [5.41, 5.74) is 2.57. The van der Waals surface area contributed by atoms with Gasteiger partial charge in [0.05, 0.1) is 5.39 Å². The average molecular weight is 294 g/mol. The standard InChI is InChI=1S/C14H12N.ClHO4/c1-11-6-8-15-9-7-12-4-2-3-5-13(12)14(15)10-11;2-1(3,4)5/h2-10H,1H3;(H,2,3,4,5)/q+1;/p-1. The lowest BCUT2D eigenvalue weighted by Gasteiger charge is -2.17. The summed E-state index contributed by atoms with van der Waals surface area (Å²) in [4.78, 5) is 0. The van der Waals surface area contributed by atoms with Crippen LogP contribution in [0.2, 0.25) is 0 Å². The van der Waals surface area contributed by atoms with E-state index >= 15 is 0 Å². The summed E-state index contributed by atoms with van der Waals surface area (Å²) in [7, 11) is -4.94. The molecule has 3 rings (SSSR count). The largest absolute Gasteiger partial charge is 0.222 e. The van der Waals surface area contributed by atoms with Gasteiger partial charge in [0.25, 0.3) is 0 Å². The molecule has 0 amide bonds. The Balaban J connectivity index is 0.000000257. The molecule has 0 saturated heterocycles. The number of aryl methyl sites for hydroxylation is 1. The minimum absolute atomic E-state index is 1.27. The molecule has 6 heteroatoms. The van der Waals surface area contributed by atoms with Crippen molar-refractivity contribution >= 4 is 16.3 Å². The van der Waals surface area contributed by atoms with Crippen LogP contribution < -0.4 is 23.0 Å². The van der Waals surface area contributed by atoms with Crippen LogP contribution in [0.15, 0.2) is 54.9 Å². The SMILES string of the molecule is Cc1cc[n+]2ccc3ccccc3c2c1.[O-][Cl+3]([O-])([O-])[O-]. The maximum atomic E-state index is 8.49. The molecule has 0 bridgehead atoms. The molecule has 0 atom stereocenters. The number of rotatable bonds is 0. The molecule has 0 aliphatic heterocycles. The number of nitrogens with zero attached hydrogens (tertiary/aromatic N) is 1. The number of aromatic nitrogens is 1. The van der Waals surface area contributed by atoms with Crippen LogP contribution in [-0.2, 0) is 0 Å². The third-order valence-electron chi connectivity index (χ3n) is 2.79. The summed E-state index contributed by atoms with van der Waals surface area (Å²) in [6.45, 7) is 2.13. The highest BCUT2D eigenvalue weighted by Crippen LogP contribution is 2.16. The molecule has 1 aromatic carbocycles. The van der Waals surface area contributed by atoms with Gasteiger partial charge in [-0.1, -0.05) is 18.2 Å². The first kappa shape index (κ1) is 14.6. The summed E-state index contributed by atoms with van der Waals surface area (Å²) in [5.74, 6) is 0. The summed E-state index contributed by atoms with van der Waals surface area (Å²) in [6.07, 6.45) is 4.22. The molecule has 0 unspecified atom stereocenters. The zero-order valence-electron chi connectivity index (χ0n) is 10.7. The Hall–Kier alpha value is -1.76. The lowest BCUT2D eigenvalue weighted by molar-refractivity contribution is -2.00. The van der Waals surface area contributed by atoms with E-state index in [0.29, 0.717) is 0 Å². The van der Waals surface area contributed by atoms with E-state index in [1.807, 2.05) is 0 Å². The molecule has 5 nitrogen and oxygen atoms in total. The van der Waals surface area contributed by atoms with Gasteiger partial charge in [-0.25, -0.2) is 18.6 Å². The van der Waals surface area contributed by atoms with Gasteiger partial charge in [0, 0.05) is 18.2 Å². The van der Waals surface area contributed by atoms with Crippen molar-refractivity contribution in [1.82, 2.24) is 0 Å². The predicted octanol–water partition coefficient (Wildman–Crippen LogP) is -1.87. The Morgan fingerprint density at radius 1 is 0.900 bits per heavy atom. The van der Waals surface area contributed by atoms with Crippen molar-refractivity contribution in [3.8, 4) is 0 Å². The second-order valence-corrected chi connectivity index (χ2v) is 5.03. The third-order valence-corrected chi connectivity index (χ3v) is 2.79. The van der Waals surface area contributed by atoms with Gasteiger partial charge in [-0.2, -0.15) is 4.40 Å². The second-order valence-electron chi connectivity index (χ2n) is 4.28. The van der Waals surface area contributed by atoms with E-state index in [1.165, 1.54) is 21.9 Å². The number of halogens is 1. The van der Waals surface area contributed by atoms with Crippen molar-refractivity contribution in [2.75, 3.05) is 0 Å². The molecule has 3 aromatic rings. The Labute approximate surface area is 117 Å². The minimum Gasteiger partial charge on any atom is -0.222 e. The Kier molecular flexibility index (Phi) is 4.17. The molecular formula is C14H12ClNO4.